The van der Waals surface area contributed by atoms with Gasteiger partial charge in [0.1, 0.15) is 17.4 Å². The molecule has 0 radical (unpaired) electrons. The van der Waals surface area contributed by atoms with Gasteiger partial charge < -0.3 is 4.74 Å². The Morgan fingerprint density at radius 2 is 1.48 bits per heavy atom. The van der Waals surface area contributed by atoms with Crippen molar-refractivity contribution in [2.24, 2.45) is 5.92 Å². The topological polar surface area (TPSA) is 9.23 Å². The molecule has 0 amide bonds. The fourth-order valence-electron chi connectivity index (χ4n) is 3.50. The maximum absolute atomic E-state index is 14.5. The van der Waals surface area contributed by atoms with Gasteiger partial charge in [-0.1, -0.05) is 31.9 Å². The Kier molecular flexibility index (Phi) is 5.30. The summed E-state index contributed by atoms with van der Waals surface area (Å²) in [6.45, 7) is -0.737. The molecule has 5 heteroatoms. The van der Waals surface area contributed by atoms with E-state index in [2.05, 4.69) is 11.7 Å². The van der Waals surface area contributed by atoms with Gasteiger partial charge in [-0.05, 0) is 60.1 Å². The first kappa shape index (κ1) is 17.8. The van der Waals surface area contributed by atoms with Crippen LogP contribution in [0, 0.1) is 17.6 Å². The predicted octanol–water partition coefficient (Wildman–Crippen LogP) is 6.53. The van der Waals surface area contributed by atoms with Crippen molar-refractivity contribution < 1.29 is 22.3 Å². The van der Waals surface area contributed by atoms with Crippen LogP contribution in [-0.2, 0) is 0 Å². The standard InChI is InChI=1S/C20H20F4O/c1-12-2-4-13(5-3-12)15-10-17(21)19(18(22)11-15)14-6-8-16(9-7-14)25-20(23)24/h6-13,20H,2-5H2,1H3. The summed E-state index contributed by atoms with van der Waals surface area (Å²) in [7, 11) is 0. The van der Waals surface area contributed by atoms with Gasteiger partial charge in [0, 0.05) is 0 Å². The molecule has 25 heavy (non-hydrogen) atoms. The Morgan fingerprint density at radius 1 is 0.920 bits per heavy atom. The average molecular weight is 352 g/mol. The minimum Gasteiger partial charge on any atom is -0.435 e. The van der Waals surface area contributed by atoms with Crippen molar-refractivity contribution in [3.05, 3.63) is 53.6 Å². The molecule has 0 heterocycles. The number of ether oxygens (including phenoxy) is 1. The Balaban J connectivity index is 1.85. The minimum atomic E-state index is -2.93. The van der Waals surface area contributed by atoms with Gasteiger partial charge >= 0.3 is 6.61 Å². The summed E-state index contributed by atoms with van der Waals surface area (Å²) in [6, 6.07) is 8.11. The summed E-state index contributed by atoms with van der Waals surface area (Å²) in [5.74, 6) is -0.449. The van der Waals surface area contributed by atoms with E-state index < -0.39 is 18.2 Å². The van der Waals surface area contributed by atoms with Crippen molar-refractivity contribution in [1.29, 1.82) is 0 Å². The molecule has 0 atom stereocenters. The van der Waals surface area contributed by atoms with E-state index in [1.807, 2.05) is 0 Å². The Hall–Kier alpha value is -2.04. The first-order chi connectivity index (χ1) is 11.9. The molecular weight excluding hydrogens is 332 g/mol. The third-order valence-electron chi connectivity index (χ3n) is 4.92. The summed E-state index contributed by atoms with van der Waals surface area (Å²) in [6.07, 6.45) is 4.03. The van der Waals surface area contributed by atoms with Crippen LogP contribution in [0.3, 0.4) is 0 Å². The van der Waals surface area contributed by atoms with Crippen LogP contribution in [0.1, 0.15) is 44.1 Å². The van der Waals surface area contributed by atoms with Crippen LogP contribution >= 0.6 is 0 Å². The molecule has 0 unspecified atom stereocenters. The smallest absolute Gasteiger partial charge is 0.387 e. The fourth-order valence-corrected chi connectivity index (χ4v) is 3.50. The Bertz CT molecular complexity index is 696. The SMILES string of the molecule is CC1CCC(c2cc(F)c(-c3ccc(OC(F)F)cc3)c(F)c2)CC1. The molecule has 1 nitrogen and oxygen atoms in total. The van der Waals surface area contributed by atoms with Gasteiger partial charge in [-0.15, -0.1) is 0 Å². The normalized spacial score (nSPS) is 20.7. The molecule has 3 rings (SSSR count). The third-order valence-corrected chi connectivity index (χ3v) is 4.92. The van der Waals surface area contributed by atoms with E-state index in [0.717, 1.165) is 25.7 Å². The largest absolute Gasteiger partial charge is 0.435 e. The van der Waals surface area contributed by atoms with Gasteiger partial charge in [-0.3, -0.25) is 0 Å². The zero-order valence-corrected chi connectivity index (χ0v) is 13.9. The molecule has 1 fully saturated rings. The van der Waals surface area contributed by atoms with Crippen molar-refractivity contribution in [3.8, 4) is 16.9 Å². The Labute approximate surface area is 144 Å². The van der Waals surface area contributed by atoms with E-state index in [4.69, 9.17) is 0 Å². The summed E-state index contributed by atoms with van der Waals surface area (Å²) < 4.78 is 57.7. The third kappa shape index (κ3) is 4.14. The molecule has 0 N–H and O–H groups in total. The zero-order chi connectivity index (χ0) is 18.0. The van der Waals surface area contributed by atoms with Crippen molar-refractivity contribution in [2.45, 2.75) is 45.1 Å². The lowest BCUT2D eigenvalue weighted by Crippen LogP contribution is -2.11. The molecule has 134 valence electrons. The van der Waals surface area contributed by atoms with Gasteiger partial charge in [-0.25, -0.2) is 8.78 Å². The van der Waals surface area contributed by atoms with Gasteiger partial charge in [0.05, 0.1) is 5.56 Å². The second kappa shape index (κ2) is 7.46. The van der Waals surface area contributed by atoms with Crippen molar-refractivity contribution in [3.63, 3.8) is 0 Å². The lowest BCUT2D eigenvalue weighted by Gasteiger charge is -2.26. The van der Waals surface area contributed by atoms with E-state index in [0.29, 0.717) is 17.0 Å². The molecule has 0 spiro atoms. The summed E-state index contributed by atoms with van der Waals surface area (Å²) in [4.78, 5) is 0. The van der Waals surface area contributed by atoms with Gasteiger partial charge in [0.2, 0.25) is 0 Å². The van der Waals surface area contributed by atoms with Crippen molar-refractivity contribution >= 4 is 0 Å². The van der Waals surface area contributed by atoms with Crippen LogP contribution in [0.25, 0.3) is 11.1 Å². The monoisotopic (exact) mass is 352 g/mol. The predicted molar refractivity (Wildman–Crippen MR) is 88.8 cm³/mol. The first-order valence-corrected chi connectivity index (χ1v) is 8.48. The highest BCUT2D eigenvalue weighted by Crippen LogP contribution is 2.38. The van der Waals surface area contributed by atoms with E-state index in [-0.39, 0.29) is 17.2 Å². The number of halogens is 4. The molecule has 0 aromatic heterocycles. The maximum atomic E-state index is 14.5. The number of hydrogen-bond donors (Lipinski definition) is 0. The molecule has 0 aliphatic heterocycles. The van der Waals surface area contributed by atoms with E-state index in [1.165, 1.54) is 36.4 Å². The van der Waals surface area contributed by atoms with Crippen molar-refractivity contribution in [1.82, 2.24) is 0 Å². The van der Waals surface area contributed by atoms with E-state index in [1.54, 1.807) is 0 Å². The van der Waals surface area contributed by atoms with Gasteiger partial charge in [-0.2, -0.15) is 8.78 Å². The molecule has 0 bridgehead atoms. The number of hydrogen-bond acceptors (Lipinski definition) is 1. The summed E-state index contributed by atoms with van der Waals surface area (Å²) >= 11 is 0. The number of alkyl halides is 2. The molecule has 1 aliphatic carbocycles. The minimum absolute atomic E-state index is 0.0486. The quantitative estimate of drug-likeness (QED) is 0.569. The summed E-state index contributed by atoms with van der Waals surface area (Å²) in [5, 5.41) is 0. The zero-order valence-electron chi connectivity index (χ0n) is 13.9. The van der Waals surface area contributed by atoms with Crippen LogP contribution in [0.4, 0.5) is 17.6 Å². The molecule has 1 aliphatic rings. The highest BCUT2D eigenvalue weighted by molar-refractivity contribution is 5.66. The van der Waals surface area contributed by atoms with Gasteiger partial charge in [0.15, 0.2) is 0 Å². The van der Waals surface area contributed by atoms with Gasteiger partial charge in [0.25, 0.3) is 0 Å². The number of benzene rings is 2. The second-order valence-electron chi connectivity index (χ2n) is 6.72. The van der Waals surface area contributed by atoms with Crippen LogP contribution in [-0.4, -0.2) is 6.61 Å². The van der Waals surface area contributed by atoms with Crippen LogP contribution in [0.5, 0.6) is 5.75 Å². The highest BCUT2D eigenvalue weighted by Gasteiger charge is 2.22. The first-order valence-electron chi connectivity index (χ1n) is 8.48. The van der Waals surface area contributed by atoms with E-state index in [9.17, 15) is 17.6 Å². The van der Waals surface area contributed by atoms with Crippen LogP contribution < -0.4 is 4.74 Å². The van der Waals surface area contributed by atoms with Crippen molar-refractivity contribution in [2.75, 3.05) is 0 Å². The molecular formula is C20H20F4O. The maximum Gasteiger partial charge on any atom is 0.387 e. The van der Waals surface area contributed by atoms with Crippen LogP contribution in [0.15, 0.2) is 36.4 Å². The van der Waals surface area contributed by atoms with Crippen LogP contribution in [0.2, 0.25) is 0 Å². The number of rotatable bonds is 4. The molecule has 1 saturated carbocycles. The summed E-state index contributed by atoms with van der Waals surface area (Å²) in [5.41, 5.74) is 0.847. The lowest BCUT2D eigenvalue weighted by atomic mass is 9.79. The Morgan fingerprint density at radius 3 is 2.00 bits per heavy atom. The van der Waals surface area contributed by atoms with E-state index >= 15 is 0 Å². The second-order valence-corrected chi connectivity index (χ2v) is 6.72. The average Bonchev–Trinajstić information content (AvgIpc) is 2.56. The molecule has 2 aromatic carbocycles. The fraction of sp³-hybridized carbons (Fsp3) is 0.400. The molecule has 2 aromatic rings. The highest BCUT2D eigenvalue weighted by atomic mass is 19.3. The lowest BCUT2D eigenvalue weighted by molar-refractivity contribution is -0.0498. The molecule has 0 saturated heterocycles.